The molecule has 1 atom stereocenters. The largest absolute Gasteiger partial charge is 0.350 e. The van der Waals surface area contributed by atoms with E-state index in [9.17, 15) is 4.79 Å². The number of nitrogens with one attached hydrogen (secondary N) is 1. The third kappa shape index (κ3) is 5.09. The first kappa shape index (κ1) is 21.7. The van der Waals surface area contributed by atoms with Gasteiger partial charge in [0.25, 0.3) is 0 Å². The molecule has 0 spiro atoms. The van der Waals surface area contributed by atoms with E-state index in [0.717, 1.165) is 16.9 Å². The number of hydrogen-bond acceptors (Lipinski definition) is 3. The maximum absolute atomic E-state index is 12.5. The van der Waals surface area contributed by atoms with Crippen molar-refractivity contribution in [1.82, 2.24) is 14.9 Å². The van der Waals surface area contributed by atoms with Crippen LogP contribution in [0.5, 0.6) is 0 Å². The molecule has 1 aromatic carbocycles. The summed E-state index contributed by atoms with van der Waals surface area (Å²) in [6.45, 7) is 2.75. The van der Waals surface area contributed by atoms with E-state index < -0.39 is 0 Å². The number of hydrogen-bond donors (Lipinski definition) is 2. The molecule has 0 aliphatic heterocycles. The van der Waals surface area contributed by atoms with Gasteiger partial charge in [-0.2, -0.15) is 0 Å². The third-order valence-corrected chi connectivity index (χ3v) is 4.97. The second-order valence-electron chi connectivity index (χ2n) is 6.54. The lowest BCUT2D eigenvalue weighted by atomic mass is 9.84. The number of carbonyl (C=O) groups excluding carboxylic acids is 1. The molecule has 0 saturated heterocycles. The number of amides is 1. The first-order valence-electron chi connectivity index (χ1n) is 8.60. The Morgan fingerprint density at radius 1 is 1.28 bits per heavy atom. The number of aromatic nitrogens is 2. The number of nitrogens with two attached hydrogens (primary N) is 1. The standard InChI is InChI=1S/C18H26N4O.2ClH/c1-13-20-15-9-5-6-10-17(15)22(13)12-18(23)21-16(11-19)14-7-3-2-4-8-14;;/h5-6,9-10,14,16H,2-4,7-8,11-12,19H2,1H3,(H,21,23);2*1H. The average molecular weight is 387 g/mol. The van der Waals surface area contributed by atoms with Gasteiger partial charge in [0, 0.05) is 12.6 Å². The van der Waals surface area contributed by atoms with E-state index in [4.69, 9.17) is 5.73 Å². The van der Waals surface area contributed by atoms with Crippen molar-refractivity contribution in [1.29, 1.82) is 0 Å². The second-order valence-corrected chi connectivity index (χ2v) is 6.54. The third-order valence-electron chi connectivity index (χ3n) is 4.97. The molecule has 7 heteroatoms. The summed E-state index contributed by atoms with van der Waals surface area (Å²) in [6.07, 6.45) is 6.16. The number of imidazole rings is 1. The van der Waals surface area contributed by atoms with Crippen LogP contribution >= 0.6 is 24.8 Å². The topological polar surface area (TPSA) is 72.9 Å². The zero-order valence-corrected chi connectivity index (χ0v) is 16.2. The maximum atomic E-state index is 12.5. The Morgan fingerprint density at radius 2 is 1.96 bits per heavy atom. The minimum atomic E-state index is 0. The molecule has 25 heavy (non-hydrogen) atoms. The van der Waals surface area contributed by atoms with Gasteiger partial charge in [-0.15, -0.1) is 24.8 Å². The highest BCUT2D eigenvalue weighted by molar-refractivity contribution is 5.85. The molecule has 1 aliphatic carbocycles. The highest BCUT2D eigenvalue weighted by Gasteiger charge is 2.24. The van der Waals surface area contributed by atoms with Crippen molar-refractivity contribution in [3.05, 3.63) is 30.1 Å². The van der Waals surface area contributed by atoms with Crippen LogP contribution in [0.3, 0.4) is 0 Å². The molecular weight excluding hydrogens is 359 g/mol. The number of halogens is 2. The van der Waals surface area contributed by atoms with E-state index in [2.05, 4.69) is 10.3 Å². The van der Waals surface area contributed by atoms with Crippen molar-refractivity contribution in [2.24, 2.45) is 11.7 Å². The Kier molecular flexibility index (Phi) is 8.69. The Bertz CT molecular complexity index is 683. The number of para-hydroxylation sites is 2. The SMILES string of the molecule is Cc1nc2ccccc2n1CC(=O)NC(CN)C1CCCCC1.Cl.Cl. The van der Waals surface area contributed by atoms with Gasteiger partial charge in [-0.3, -0.25) is 4.79 Å². The van der Waals surface area contributed by atoms with Crippen LogP contribution in [0.4, 0.5) is 0 Å². The van der Waals surface area contributed by atoms with Gasteiger partial charge < -0.3 is 15.6 Å². The lowest BCUT2D eigenvalue weighted by Crippen LogP contribution is -2.47. The number of nitrogens with zero attached hydrogens (tertiary/aromatic N) is 2. The van der Waals surface area contributed by atoms with Gasteiger partial charge in [0.15, 0.2) is 0 Å². The van der Waals surface area contributed by atoms with Crippen molar-refractivity contribution in [3.8, 4) is 0 Å². The van der Waals surface area contributed by atoms with E-state index in [0.29, 0.717) is 19.0 Å². The van der Waals surface area contributed by atoms with Crippen molar-refractivity contribution in [2.45, 2.75) is 51.6 Å². The second kappa shape index (κ2) is 10.00. The summed E-state index contributed by atoms with van der Waals surface area (Å²) in [5.74, 6) is 1.42. The van der Waals surface area contributed by atoms with Crippen molar-refractivity contribution in [3.63, 3.8) is 0 Å². The quantitative estimate of drug-likeness (QED) is 0.828. The molecule has 3 N–H and O–H groups in total. The summed E-state index contributed by atoms with van der Waals surface area (Å²) in [5, 5.41) is 3.15. The van der Waals surface area contributed by atoms with Crippen LogP contribution in [0.1, 0.15) is 37.9 Å². The van der Waals surface area contributed by atoms with Crippen molar-refractivity contribution >= 4 is 41.8 Å². The first-order chi connectivity index (χ1) is 11.2. The van der Waals surface area contributed by atoms with Crippen LogP contribution in [-0.2, 0) is 11.3 Å². The molecule has 1 saturated carbocycles. The Morgan fingerprint density at radius 3 is 2.64 bits per heavy atom. The van der Waals surface area contributed by atoms with Gasteiger partial charge in [0.05, 0.1) is 11.0 Å². The lowest BCUT2D eigenvalue weighted by Gasteiger charge is -2.30. The van der Waals surface area contributed by atoms with Gasteiger partial charge in [-0.1, -0.05) is 31.4 Å². The van der Waals surface area contributed by atoms with E-state index in [1.165, 1.54) is 32.1 Å². The number of benzene rings is 1. The molecule has 0 radical (unpaired) electrons. The van der Waals surface area contributed by atoms with Crippen LogP contribution in [0.2, 0.25) is 0 Å². The highest BCUT2D eigenvalue weighted by Crippen LogP contribution is 2.26. The summed E-state index contributed by atoms with van der Waals surface area (Å²) in [7, 11) is 0. The fourth-order valence-corrected chi connectivity index (χ4v) is 3.70. The van der Waals surface area contributed by atoms with E-state index in [1.54, 1.807) is 0 Å². The molecule has 140 valence electrons. The van der Waals surface area contributed by atoms with Crippen LogP contribution in [-0.4, -0.2) is 28.0 Å². The molecule has 0 bridgehead atoms. The van der Waals surface area contributed by atoms with E-state index in [-0.39, 0.29) is 36.8 Å². The summed E-state index contributed by atoms with van der Waals surface area (Å²) < 4.78 is 1.97. The van der Waals surface area contributed by atoms with Crippen molar-refractivity contribution < 1.29 is 4.79 Å². The average Bonchev–Trinajstić information content (AvgIpc) is 2.89. The summed E-state index contributed by atoms with van der Waals surface area (Å²) in [4.78, 5) is 17.0. The molecule has 2 aromatic rings. The molecule has 1 heterocycles. The number of carbonyl (C=O) groups is 1. The highest BCUT2D eigenvalue weighted by atomic mass is 35.5. The monoisotopic (exact) mass is 386 g/mol. The summed E-state index contributed by atoms with van der Waals surface area (Å²) in [6, 6.07) is 8.01. The van der Waals surface area contributed by atoms with Gasteiger partial charge in [-0.05, 0) is 37.8 Å². The smallest absolute Gasteiger partial charge is 0.240 e. The van der Waals surface area contributed by atoms with Gasteiger partial charge in [-0.25, -0.2) is 4.98 Å². The molecular formula is C18H28Cl2N4O. The Balaban J connectivity index is 0.00000156. The molecule has 1 amide bonds. The molecule has 1 unspecified atom stereocenters. The maximum Gasteiger partial charge on any atom is 0.240 e. The molecule has 1 aromatic heterocycles. The predicted octanol–water partition coefficient (Wildman–Crippen LogP) is 3.21. The lowest BCUT2D eigenvalue weighted by molar-refractivity contribution is -0.122. The fourth-order valence-electron chi connectivity index (χ4n) is 3.70. The molecule has 5 nitrogen and oxygen atoms in total. The van der Waals surface area contributed by atoms with Crippen molar-refractivity contribution in [2.75, 3.05) is 6.54 Å². The zero-order chi connectivity index (χ0) is 16.2. The fraction of sp³-hybridized carbons (Fsp3) is 0.556. The summed E-state index contributed by atoms with van der Waals surface area (Å²) >= 11 is 0. The predicted molar refractivity (Wildman–Crippen MR) is 107 cm³/mol. The van der Waals surface area contributed by atoms with Crippen LogP contribution in [0, 0.1) is 12.8 Å². The minimum absolute atomic E-state index is 0. The first-order valence-corrected chi connectivity index (χ1v) is 8.60. The molecule has 1 fully saturated rings. The minimum Gasteiger partial charge on any atom is -0.350 e. The Labute approximate surface area is 161 Å². The van der Waals surface area contributed by atoms with Crippen LogP contribution < -0.4 is 11.1 Å². The van der Waals surface area contributed by atoms with E-state index in [1.807, 2.05) is 35.8 Å². The van der Waals surface area contributed by atoms with Crippen LogP contribution in [0.25, 0.3) is 11.0 Å². The van der Waals surface area contributed by atoms with Gasteiger partial charge in [0.1, 0.15) is 12.4 Å². The zero-order valence-electron chi connectivity index (χ0n) is 14.6. The molecule has 3 rings (SSSR count). The van der Waals surface area contributed by atoms with Crippen LogP contribution in [0.15, 0.2) is 24.3 Å². The normalized spacial score (nSPS) is 15.9. The van der Waals surface area contributed by atoms with Gasteiger partial charge >= 0.3 is 0 Å². The van der Waals surface area contributed by atoms with Gasteiger partial charge in [0.2, 0.25) is 5.91 Å². The Hall–Kier alpha value is -1.30. The number of fused-ring (bicyclic) bond motifs is 1. The number of aryl methyl sites for hydroxylation is 1. The number of rotatable bonds is 5. The summed E-state index contributed by atoms with van der Waals surface area (Å²) in [5.41, 5.74) is 7.84. The van der Waals surface area contributed by atoms with E-state index >= 15 is 0 Å². The molecule has 1 aliphatic rings.